The summed E-state index contributed by atoms with van der Waals surface area (Å²) in [5.41, 5.74) is -0.859. The van der Waals surface area contributed by atoms with Gasteiger partial charge in [-0.25, -0.2) is 4.79 Å². The van der Waals surface area contributed by atoms with Gasteiger partial charge in [0.25, 0.3) is 0 Å². The molecule has 0 atom stereocenters. The maximum Gasteiger partial charge on any atom is 0.431 e. The maximum atomic E-state index is 13.4. The molecule has 0 spiro atoms. The van der Waals surface area contributed by atoms with Crippen molar-refractivity contribution < 1.29 is 45.2 Å². The van der Waals surface area contributed by atoms with E-state index in [-0.39, 0.29) is 5.56 Å². The molecule has 0 fully saturated rings. The van der Waals surface area contributed by atoms with Gasteiger partial charge >= 0.3 is 27.3 Å². The van der Waals surface area contributed by atoms with Crippen LogP contribution in [-0.4, -0.2) is 41.8 Å². The monoisotopic (exact) mass is 388 g/mol. The first-order valence-electron chi connectivity index (χ1n) is 6.82. The molecule has 0 heterocycles. The van der Waals surface area contributed by atoms with Crippen molar-refractivity contribution in [1.82, 2.24) is 0 Å². The van der Waals surface area contributed by atoms with E-state index in [1.807, 2.05) is 0 Å². The number of hydrogen-bond acceptors (Lipinski definition) is 4. The summed E-state index contributed by atoms with van der Waals surface area (Å²) in [7, 11) is -6.29. The van der Waals surface area contributed by atoms with E-state index in [9.17, 15) is 30.8 Å². The smallest absolute Gasteiger partial charge is 0.431 e. The molecule has 11 heteroatoms. The molecule has 0 aromatic heterocycles. The normalized spacial score (nSPS) is 13.7. The second-order valence-electron chi connectivity index (χ2n) is 5.69. The van der Waals surface area contributed by atoms with E-state index >= 15 is 0 Å². The van der Waals surface area contributed by atoms with E-state index in [0.29, 0.717) is 5.56 Å². The molecule has 0 bridgehead atoms. The Labute approximate surface area is 141 Å². The average Bonchev–Trinajstić information content (AvgIpc) is 2.45. The van der Waals surface area contributed by atoms with Crippen molar-refractivity contribution in [1.29, 1.82) is 0 Å². The summed E-state index contributed by atoms with van der Waals surface area (Å²) in [6.45, 7) is 1.93. The third-order valence-electron chi connectivity index (χ3n) is 3.46. The Morgan fingerprint density at radius 2 is 1.60 bits per heavy atom. The van der Waals surface area contributed by atoms with Crippen molar-refractivity contribution in [3.63, 3.8) is 0 Å². The van der Waals surface area contributed by atoms with Crippen molar-refractivity contribution in [2.45, 2.75) is 37.0 Å². The van der Waals surface area contributed by atoms with Gasteiger partial charge in [-0.1, -0.05) is 12.1 Å². The van der Waals surface area contributed by atoms with Crippen LogP contribution in [0.15, 0.2) is 24.3 Å². The first-order valence-corrected chi connectivity index (χ1v) is 8.26. The third kappa shape index (κ3) is 4.67. The molecule has 6 nitrogen and oxygen atoms in total. The standard InChI is InChI=1S/C14H16F4O6S/c1-12(2,10-5-3-9(4-6-10)11(19)20)24-8-7-13(15,16)14(17,18)25(21,22)23/h3-6H,7-8H2,1-2H3,(H,19,20)(H,21,22,23). The van der Waals surface area contributed by atoms with Gasteiger partial charge in [0.2, 0.25) is 0 Å². The largest absolute Gasteiger partial charge is 0.478 e. The number of carboxylic acids is 1. The van der Waals surface area contributed by atoms with Crippen LogP contribution in [0.5, 0.6) is 0 Å². The summed E-state index contributed by atoms with van der Waals surface area (Å²) >= 11 is 0. The van der Waals surface area contributed by atoms with E-state index in [1.54, 1.807) is 0 Å². The highest BCUT2D eigenvalue weighted by molar-refractivity contribution is 7.87. The highest BCUT2D eigenvalue weighted by Gasteiger charge is 2.65. The number of ether oxygens (including phenoxy) is 1. The van der Waals surface area contributed by atoms with Crippen LogP contribution in [0.25, 0.3) is 0 Å². The molecule has 0 amide bonds. The zero-order chi connectivity index (χ0) is 19.7. The molecule has 0 unspecified atom stereocenters. The van der Waals surface area contributed by atoms with Gasteiger partial charge in [-0.15, -0.1) is 0 Å². The minimum Gasteiger partial charge on any atom is -0.478 e. The van der Waals surface area contributed by atoms with Gasteiger partial charge in [0.15, 0.2) is 0 Å². The van der Waals surface area contributed by atoms with Crippen molar-refractivity contribution in [3.05, 3.63) is 35.4 Å². The lowest BCUT2D eigenvalue weighted by molar-refractivity contribution is -0.177. The lowest BCUT2D eigenvalue weighted by Gasteiger charge is -2.28. The van der Waals surface area contributed by atoms with Gasteiger partial charge in [-0.3, -0.25) is 4.55 Å². The first-order chi connectivity index (χ1) is 11.1. The summed E-state index contributed by atoms with van der Waals surface area (Å²) < 4.78 is 87.1. The summed E-state index contributed by atoms with van der Waals surface area (Å²) in [5, 5.41) is 3.15. The maximum absolute atomic E-state index is 13.4. The number of carbonyl (C=O) groups is 1. The fourth-order valence-corrected chi connectivity index (χ4v) is 2.35. The zero-order valence-electron chi connectivity index (χ0n) is 13.2. The molecule has 0 radical (unpaired) electrons. The minimum atomic E-state index is -6.29. The number of alkyl halides is 4. The van der Waals surface area contributed by atoms with Crippen LogP contribution in [0.1, 0.15) is 36.2 Å². The average molecular weight is 388 g/mol. The second kappa shape index (κ2) is 6.89. The number of halogens is 4. The van der Waals surface area contributed by atoms with Gasteiger partial charge in [-0.05, 0) is 31.5 Å². The quantitative estimate of drug-likeness (QED) is 0.524. The summed E-state index contributed by atoms with van der Waals surface area (Å²) in [6, 6.07) is 5.25. The van der Waals surface area contributed by atoms with E-state index in [1.165, 1.54) is 38.1 Å². The molecule has 1 aromatic rings. The SMILES string of the molecule is CC(C)(OCCC(F)(F)C(F)(F)S(=O)(=O)O)c1ccc(C(=O)O)cc1. The predicted molar refractivity (Wildman–Crippen MR) is 78.4 cm³/mol. The fourth-order valence-electron chi connectivity index (χ4n) is 1.87. The van der Waals surface area contributed by atoms with Crippen molar-refractivity contribution in [3.8, 4) is 0 Å². The second-order valence-corrected chi connectivity index (χ2v) is 7.15. The Morgan fingerprint density at radius 1 is 1.12 bits per heavy atom. The van der Waals surface area contributed by atoms with Crippen LogP contribution in [0.3, 0.4) is 0 Å². The first kappa shape index (κ1) is 21.3. The summed E-state index contributed by atoms with van der Waals surface area (Å²) in [5.74, 6) is -6.21. The van der Waals surface area contributed by atoms with Crippen LogP contribution in [0.2, 0.25) is 0 Å². The molecule has 0 saturated carbocycles. The number of hydrogen-bond donors (Lipinski definition) is 2. The van der Waals surface area contributed by atoms with Gasteiger partial charge in [0.1, 0.15) is 0 Å². The lowest BCUT2D eigenvalue weighted by atomic mass is 9.97. The molecule has 142 valence electrons. The van der Waals surface area contributed by atoms with E-state index in [4.69, 9.17) is 14.4 Å². The number of aromatic carboxylic acids is 1. The molecular weight excluding hydrogens is 372 g/mol. The summed E-state index contributed by atoms with van der Waals surface area (Å²) in [4.78, 5) is 10.8. The van der Waals surface area contributed by atoms with Crippen molar-refractivity contribution in [2.75, 3.05) is 6.61 Å². The predicted octanol–water partition coefficient (Wildman–Crippen LogP) is 3.14. The lowest BCUT2D eigenvalue weighted by Crippen LogP contribution is -2.47. The fraction of sp³-hybridized carbons (Fsp3) is 0.500. The Balaban J connectivity index is 2.81. The molecule has 0 saturated heterocycles. The Kier molecular flexibility index (Phi) is 5.87. The van der Waals surface area contributed by atoms with Crippen LogP contribution in [0, 0.1) is 0 Å². The third-order valence-corrected chi connectivity index (χ3v) is 4.40. The summed E-state index contributed by atoms with van der Waals surface area (Å²) in [6.07, 6.45) is -1.66. The van der Waals surface area contributed by atoms with Crippen molar-refractivity contribution in [2.24, 2.45) is 0 Å². The van der Waals surface area contributed by atoms with Crippen LogP contribution in [-0.2, 0) is 20.5 Å². The van der Waals surface area contributed by atoms with E-state index in [0.717, 1.165) is 0 Å². The van der Waals surface area contributed by atoms with Crippen LogP contribution < -0.4 is 0 Å². The molecular formula is C14H16F4O6S. The zero-order valence-corrected chi connectivity index (χ0v) is 14.0. The van der Waals surface area contributed by atoms with Crippen LogP contribution >= 0.6 is 0 Å². The van der Waals surface area contributed by atoms with Gasteiger partial charge in [-0.2, -0.15) is 26.0 Å². The number of rotatable bonds is 8. The molecule has 1 aromatic carbocycles. The molecule has 0 aliphatic heterocycles. The van der Waals surface area contributed by atoms with Gasteiger partial charge in [0.05, 0.1) is 17.8 Å². The van der Waals surface area contributed by atoms with E-state index < -0.39 is 45.9 Å². The highest BCUT2D eigenvalue weighted by atomic mass is 32.2. The Bertz CT molecular complexity index is 728. The molecule has 0 aliphatic carbocycles. The Hall–Kier alpha value is -1.72. The topological polar surface area (TPSA) is 101 Å². The molecule has 25 heavy (non-hydrogen) atoms. The highest BCUT2D eigenvalue weighted by Crippen LogP contribution is 2.41. The van der Waals surface area contributed by atoms with Gasteiger partial charge < -0.3 is 9.84 Å². The molecule has 1 rings (SSSR count). The van der Waals surface area contributed by atoms with E-state index in [2.05, 4.69) is 0 Å². The van der Waals surface area contributed by atoms with Gasteiger partial charge in [0, 0.05) is 6.42 Å². The Morgan fingerprint density at radius 3 is 2.00 bits per heavy atom. The molecule has 0 aliphatic rings. The minimum absolute atomic E-state index is 0.0149. The van der Waals surface area contributed by atoms with Crippen molar-refractivity contribution >= 4 is 16.1 Å². The molecule has 2 N–H and O–H groups in total. The van der Waals surface area contributed by atoms with Crippen LogP contribution in [0.4, 0.5) is 17.6 Å². The number of carboxylic acid groups (broad SMARTS) is 1. The number of benzene rings is 1.